The zero-order valence-electron chi connectivity index (χ0n) is 6.71. The van der Waals surface area contributed by atoms with Crippen LogP contribution in [-0.2, 0) is 4.74 Å². The van der Waals surface area contributed by atoms with Crippen LogP contribution in [0.2, 0.25) is 0 Å². The molecule has 1 N–H and O–H groups in total. The Morgan fingerprint density at radius 1 is 1.60 bits per heavy atom. The zero-order valence-corrected chi connectivity index (χ0v) is 6.71. The zero-order chi connectivity index (χ0) is 7.56. The van der Waals surface area contributed by atoms with E-state index in [9.17, 15) is 0 Å². The number of ether oxygens (including phenoxy) is 1. The molecule has 3 atom stereocenters. The number of aliphatic hydroxyl groups is 1. The lowest BCUT2D eigenvalue weighted by molar-refractivity contribution is -0.103. The first-order valence-electron chi connectivity index (χ1n) is 4.07. The Kier molecular flexibility index (Phi) is 2.69. The van der Waals surface area contributed by atoms with Crippen LogP contribution >= 0.6 is 0 Å². The summed E-state index contributed by atoms with van der Waals surface area (Å²) in [7, 11) is 0. The van der Waals surface area contributed by atoms with Crippen LogP contribution in [0.1, 0.15) is 33.1 Å². The van der Waals surface area contributed by atoms with Crippen LogP contribution in [0.5, 0.6) is 0 Å². The van der Waals surface area contributed by atoms with Gasteiger partial charge in [-0.05, 0) is 12.3 Å². The molecule has 1 aliphatic rings. The summed E-state index contributed by atoms with van der Waals surface area (Å²) in [6.07, 6.45) is 2.79. The molecule has 10 heavy (non-hydrogen) atoms. The van der Waals surface area contributed by atoms with Crippen molar-refractivity contribution in [3.8, 4) is 0 Å². The van der Waals surface area contributed by atoms with Crippen molar-refractivity contribution in [2.24, 2.45) is 5.92 Å². The summed E-state index contributed by atoms with van der Waals surface area (Å²) in [5.74, 6) is 0.595. The van der Waals surface area contributed by atoms with Crippen LogP contribution in [0.3, 0.4) is 0 Å². The number of hydrogen-bond acceptors (Lipinski definition) is 2. The normalized spacial score (nSPS) is 36.3. The number of aliphatic hydroxyl groups excluding tert-OH is 1. The smallest absolute Gasteiger partial charge is 0.155 e. The molecule has 0 saturated carbocycles. The van der Waals surface area contributed by atoms with Gasteiger partial charge in [-0.25, -0.2) is 0 Å². The molecule has 1 heterocycles. The number of hydrogen-bond donors (Lipinski definition) is 1. The van der Waals surface area contributed by atoms with E-state index in [0.717, 1.165) is 19.3 Å². The monoisotopic (exact) mass is 144 g/mol. The Morgan fingerprint density at radius 2 is 2.30 bits per heavy atom. The third-order valence-electron chi connectivity index (χ3n) is 2.31. The molecule has 0 radical (unpaired) electrons. The molecule has 0 aromatic rings. The van der Waals surface area contributed by atoms with Gasteiger partial charge in [0.15, 0.2) is 6.29 Å². The Bertz CT molecular complexity index is 103. The maximum Gasteiger partial charge on any atom is 0.155 e. The predicted molar refractivity (Wildman–Crippen MR) is 39.6 cm³/mol. The molecule has 0 aromatic carbocycles. The van der Waals surface area contributed by atoms with Crippen LogP contribution in [0.4, 0.5) is 0 Å². The lowest BCUT2D eigenvalue weighted by Gasteiger charge is -2.16. The average Bonchev–Trinajstić information content (AvgIpc) is 2.34. The van der Waals surface area contributed by atoms with Gasteiger partial charge in [-0.1, -0.05) is 20.3 Å². The summed E-state index contributed by atoms with van der Waals surface area (Å²) in [6, 6.07) is 0. The highest BCUT2D eigenvalue weighted by atomic mass is 16.6. The van der Waals surface area contributed by atoms with Crippen molar-refractivity contribution in [3.05, 3.63) is 0 Å². The molecule has 0 aromatic heterocycles. The van der Waals surface area contributed by atoms with E-state index >= 15 is 0 Å². The molecule has 0 aliphatic carbocycles. The molecule has 1 rings (SSSR count). The van der Waals surface area contributed by atoms with E-state index < -0.39 is 6.29 Å². The fraction of sp³-hybridized carbons (Fsp3) is 1.00. The largest absolute Gasteiger partial charge is 0.368 e. The van der Waals surface area contributed by atoms with E-state index in [2.05, 4.69) is 13.8 Å². The first-order valence-corrected chi connectivity index (χ1v) is 4.07. The van der Waals surface area contributed by atoms with E-state index in [1.54, 1.807) is 0 Å². The van der Waals surface area contributed by atoms with Crippen molar-refractivity contribution in [3.63, 3.8) is 0 Å². The fourth-order valence-corrected chi connectivity index (χ4v) is 1.33. The summed E-state index contributed by atoms with van der Waals surface area (Å²) in [5, 5.41) is 9.02. The molecular weight excluding hydrogens is 128 g/mol. The number of rotatable bonds is 2. The quantitative estimate of drug-likeness (QED) is 0.637. The lowest BCUT2D eigenvalue weighted by atomic mass is 10.00. The van der Waals surface area contributed by atoms with Gasteiger partial charge < -0.3 is 9.84 Å². The van der Waals surface area contributed by atoms with Crippen molar-refractivity contribution in [1.82, 2.24) is 0 Å². The summed E-state index contributed by atoms with van der Waals surface area (Å²) in [5.41, 5.74) is 0. The lowest BCUT2D eigenvalue weighted by Crippen LogP contribution is -2.17. The van der Waals surface area contributed by atoms with Crippen molar-refractivity contribution in [2.45, 2.75) is 45.5 Å². The minimum absolute atomic E-state index is 0.306. The Balaban J connectivity index is 2.29. The molecule has 2 unspecified atom stereocenters. The van der Waals surface area contributed by atoms with Crippen LogP contribution in [-0.4, -0.2) is 17.5 Å². The molecule has 0 bridgehead atoms. The van der Waals surface area contributed by atoms with Gasteiger partial charge in [-0.2, -0.15) is 0 Å². The second kappa shape index (κ2) is 3.35. The molecule has 2 heteroatoms. The average molecular weight is 144 g/mol. The Morgan fingerprint density at radius 3 is 2.70 bits per heavy atom. The van der Waals surface area contributed by atoms with Crippen molar-refractivity contribution >= 4 is 0 Å². The SMILES string of the molecule is CC[C@H](C)C1CCC(O)O1. The van der Waals surface area contributed by atoms with E-state index in [4.69, 9.17) is 9.84 Å². The molecule has 0 spiro atoms. The van der Waals surface area contributed by atoms with Gasteiger partial charge in [0.2, 0.25) is 0 Å². The van der Waals surface area contributed by atoms with Gasteiger partial charge >= 0.3 is 0 Å². The molecule has 1 aliphatic heterocycles. The molecule has 1 fully saturated rings. The highest BCUT2D eigenvalue weighted by Gasteiger charge is 2.26. The van der Waals surface area contributed by atoms with Gasteiger partial charge in [-0.3, -0.25) is 0 Å². The van der Waals surface area contributed by atoms with Gasteiger partial charge in [0, 0.05) is 6.42 Å². The van der Waals surface area contributed by atoms with Gasteiger partial charge in [0.05, 0.1) is 6.10 Å². The van der Waals surface area contributed by atoms with Gasteiger partial charge in [0.25, 0.3) is 0 Å². The first-order chi connectivity index (χ1) is 4.74. The van der Waals surface area contributed by atoms with E-state index in [1.165, 1.54) is 0 Å². The summed E-state index contributed by atoms with van der Waals surface area (Å²) >= 11 is 0. The standard InChI is InChI=1S/C8H16O2/c1-3-6(2)7-4-5-8(9)10-7/h6-9H,3-5H2,1-2H3/t6-,7?,8?/m0/s1. The van der Waals surface area contributed by atoms with Gasteiger partial charge in [-0.15, -0.1) is 0 Å². The van der Waals surface area contributed by atoms with Crippen LogP contribution < -0.4 is 0 Å². The van der Waals surface area contributed by atoms with Crippen LogP contribution in [0.25, 0.3) is 0 Å². The second-order valence-corrected chi connectivity index (χ2v) is 3.09. The molecule has 60 valence electrons. The van der Waals surface area contributed by atoms with Crippen molar-refractivity contribution in [1.29, 1.82) is 0 Å². The van der Waals surface area contributed by atoms with Gasteiger partial charge in [0.1, 0.15) is 0 Å². The second-order valence-electron chi connectivity index (χ2n) is 3.09. The fourth-order valence-electron chi connectivity index (χ4n) is 1.33. The van der Waals surface area contributed by atoms with E-state index in [-0.39, 0.29) is 0 Å². The highest BCUT2D eigenvalue weighted by Crippen LogP contribution is 2.25. The molecule has 0 amide bonds. The Labute approximate surface area is 62.2 Å². The third kappa shape index (κ3) is 1.70. The topological polar surface area (TPSA) is 29.5 Å². The van der Waals surface area contributed by atoms with E-state index in [0.29, 0.717) is 12.0 Å². The predicted octanol–water partition coefficient (Wildman–Crippen LogP) is 1.53. The molecular formula is C8H16O2. The summed E-state index contributed by atoms with van der Waals surface area (Å²) in [6.45, 7) is 4.32. The third-order valence-corrected chi connectivity index (χ3v) is 2.31. The summed E-state index contributed by atoms with van der Waals surface area (Å²) in [4.78, 5) is 0. The maximum atomic E-state index is 9.02. The maximum absolute atomic E-state index is 9.02. The first kappa shape index (κ1) is 8.02. The summed E-state index contributed by atoms with van der Waals surface area (Å²) < 4.78 is 5.27. The van der Waals surface area contributed by atoms with Crippen molar-refractivity contribution < 1.29 is 9.84 Å². The van der Waals surface area contributed by atoms with E-state index in [1.807, 2.05) is 0 Å². The molecule has 1 saturated heterocycles. The van der Waals surface area contributed by atoms with Crippen molar-refractivity contribution in [2.75, 3.05) is 0 Å². The minimum Gasteiger partial charge on any atom is -0.368 e. The Hall–Kier alpha value is -0.0800. The highest BCUT2D eigenvalue weighted by molar-refractivity contribution is 4.71. The van der Waals surface area contributed by atoms with Crippen LogP contribution in [0.15, 0.2) is 0 Å². The minimum atomic E-state index is -0.487. The van der Waals surface area contributed by atoms with Crippen LogP contribution in [0, 0.1) is 5.92 Å². The molecule has 2 nitrogen and oxygen atoms in total.